The van der Waals surface area contributed by atoms with Crippen LogP contribution in [0.4, 0.5) is 8.78 Å². The summed E-state index contributed by atoms with van der Waals surface area (Å²) in [5.41, 5.74) is 1.42. The number of fused-ring (bicyclic) bond motifs is 1. The van der Waals surface area contributed by atoms with E-state index in [-0.39, 0.29) is 17.0 Å². The van der Waals surface area contributed by atoms with Gasteiger partial charge in [-0.1, -0.05) is 42.5 Å². The second-order valence-electron chi connectivity index (χ2n) is 7.01. The van der Waals surface area contributed by atoms with E-state index in [1.165, 1.54) is 12.1 Å². The minimum Gasteiger partial charge on any atom is -0.342 e. The minimum absolute atomic E-state index is 0.0808. The third-order valence-electron chi connectivity index (χ3n) is 5.22. The molecule has 0 saturated carbocycles. The van der Waals surface area contributed by atoms with Gasteiger partial charge >= 0.3 is 0 Å². The van der Waals surface area contributed by atoms with Crippen molar-refractivity contribution in [1.82, 2.24) is 4.90 Å². The first-order valence-corrected chi connectivity index (χ1v) is 10.5. The summed E-state index contributed by atoms with van der Waals surface area (Å²) in [6, 6.07) is 17.7. The van der Waals surface area contributed by atoms with Gasteiger partial charge in [0.25, 0.3) is 0 Å². The molecule has 4 rings (SSSR count). The standard InChI is InChI=1S/C23H21F2NOS/c24-18-8-9-21(25)20(15-18)22-10-11-26(12-13-28-22)23(27)14-17-6-3-5-16-4-1-2-7-19(16)17/h1-9,15,22H,10-14H2. The van der Waals surface area contributed by atoms with Crippen LogP contribution in [-0.4, -0.2) is 29.6 Å². The molecule has 1 aliphatic rings. The topological polar surface area (TPSA) is 20.3 Å². The molecule has 0 bridgehead atoms. The van der Waals surface area contributed by atoms with Crippen LogP contribution in [0.5, 0.6) is 0 Å². The Morgan fingerprint density at radius 2 is 1.86 bits per heavy atom. The molecule has 1 atom stereocenters. The Balaban J connectivity index is 1.47. The third-order valence-corrected chi connectivity index (χ3v) is 6.53. The second-order valence-corrected chi connectivity index (χ2v) is 8.32. The van der Waals surface area contributed by atoms with Crippen LogP contribution in [0.2, 0.25) is 0 Å². The van der Waals surface area contributed by atoms with Crippen molar-refractivity contribution >= 4 is 28.4 Å². The molecule has 1 saturated heterocycles. The summed E-state index contributed by atoms with van der Waals surface area (Å²) in [5, 5.41) is 2.09. The van der Waals surface area contributed by atoms with Gasteiger partial charge in [-0.25, -0.2) is 8.78 Å². The zero-order chi connectivity index (χ0) is 19.5. The molecule has 3 aromatic carbocycles. The summed E-state index contributed by atoms with van der Waals surface area (Å²) < 4.78 is 27.7. The van der Waals surface area contributed by atoms with E-state index in [9.17, 15) is 13.6 Å². The van der Waals surface area contributed by atoms with Gasteiger partial charge in [-0.2, -0.15) is 11.8 Å². The summed E-state index contributed by atoms with van der Waals surface area (Å²) in [6.07, 6.45) is 0.970. The summed E-state index contributed by atoms with van der Waals surface area (Å²) in [6.45, 7) is 1.18. The molecule has 0 radical (unpaired) electrons. The van der Waals surface area contributed by atoms with Crippen LogP contribution in [0, 0.1) is 11.6 Å². The molecule has 1 heterocycles. The van der Waals surface area contributed by atoms with Gasteiger partial charge in [0.05, 0.1) is 6.42 Å². The van der Waals surface area contributed by atoms with Crippen molar-refractivity contribution in [3.8, 4) is 0 Å². The van der Waals surface area contributed by atoms with Crippen molar-refractivity contribution < 1.29 is 13.6 Å². The lowest BCUT2D eigenvalue weighted by molar-refractivity contribution is -0.130. The molecule has 3 aromatic rings. The van der Waals surface area contributed by atoms with E-state index >= 15 is 0 Å². The Morgan fingerprint density at radius 3 is 2.75 bits per heavy atom. The number of nitrogens with zero attached hydrogens (tertiary/aromatic N) is 1. The summed E-state index contributed by atoms with van der Waals surface area (Å²) >= 11 is 1.59. The van der Waals surface area contributed by atoms with E-state index < -0.39 is 5.82 Å². The van der Waals surface area contributed by atoms with E-state index in [0.29, 0.717) is 37.2 Å². The molecule has 1 aliphatic heterocycles. The van der Waals surface area contributed by atoms with Crippen LogP contribution in [0.3, 0.4) is 0 Å². The fraction of sp³-hybridized carbons (Fsp3) is 0.261. The first kappa shape index (κ1) is 18.9. The maximum atomic E-state index is 14.1. The summed E-state index contributed by atoms with van der Waals surface area (Å²) in [4.78, 5) is 14.8. The second kappa shape index (κ2) is 8.31. The Morgan fingerprint density at radius 1 is 1.04 bits per heavy atom. The zero-order valence-electron chi connectivity index (χ0n) is 15.4. The Hall–Kier alpha value is -2.40. The highest BCUT2D eigenvalue weighted by Gasteiger charge is 2.24. The lowest BCUT2D eigenvalue weighted by Crippen LogP contribution is -2.34. The predicted molar refractivity (Wildman–Crippen MR) is 110 cm³/mol. The smallest absolute Gasteiger partial charge is 0.227 e. The average molecular weight is 397 g/mol. The van der Waals surface area contributed by atoms with Crippen molar-refractivity contribution in [2.45, 2.75) is 18.1 Å². The number of halogens is 2. The largest absolute Gasteiger partial charge is 0.342 e. The number of carbonyl (C=O) groups excluding carboxylic acids is 1. The SMILES string of the molecule is O=C(Cc1cccc2ccccc12)N1CCSC(c2cc(F)ccc2F)CC1. The lowest BCUT2D eigenvalue weighted by atomic mass is 10.0. The normalized spacial score (nSPS) is 17.5. The average Bonchev–Trinajstić information content (AvgIpc) is 2.96. The molecule has 0 N–H and O–H groups in total. The molecule has 1 unspecified atom stereocenters. The minimum atomic E-state index is -0.426. The Labute approximate surface area is 167 Å². The lowest BCUT2D eigenvalue weighted by Gasteiger charge is -2.21. The summed E-state index contributed by atoms with van der Waals surface area (Å²) in [5.74, 6) is -0.0149. The number of carbonyl (C=O) groups is 1. The van der Waals surface area contributed by atoms with E-state index in [4.69, 9.17) is 0 Å². The molecular weight excluding hydrogens is 376 g/mol. The van der Waals surface area contributed by atoms with E-state index in [1.807, 2.05) is 47.4 Å². The molecule has 0 spiro atoms. The van der Waals surface area contributed by atoms with Crippen molar-refractivity contribution in [1.29, 1.82) is 0 Å². The number of thioether (sulfide) groups is 1. The van der Waals surface area contributed by atoms with Crippen LogP contribution in [0.1, 0.15) is 22.8 Å². The molecule has 5 heteroatoms. The highest BCUT2D eigenvalue weighted by Crippen LogP contribution is 2.36. The summed E-state index contributed by atoms with van der Waals surface area (Å²) in [7, 11) is 0. The van der Waals surface area contributed by atoms with Crippen molar-refractivity contribution in [2.75, 3.05) is 18.8 Å². The fourth-order valence-electron chi connectivity index (χ4n) is 3.75. The Bertz CT molecular complexity index is 1000. The van der Waals surface area contributed by atoms with Gasteiger partial charge in [0.1, 0.15) is 11.6 Å². The number of hydrogen-bond donors (Lipinski definition) is 0. The number of benzene rings is 3. The number of hydrogen-bond acceptors (Lipinski definition) is 2. The first-order chi connectivity index (χ1) is 13.6. The maximum Gasteiger partial charge on any atom is 0.227 e. The van der Waals surface area contributed by atoms with Gasteiger partial charge in [0.15, 0.2) is 0 Å². The van der Waals surface area contributed by atoms with Gasteiger partial charge in [-0.05, 0) is 41.0 Å². The quantitative estimate of drug-likeness (QED) is 0.592. The monoisotopic (exact) mass is 397 g/mol. The van der Waals surface area contributed by atoms with E-state index in [0.717, 1.165) is 22.4 Å². The van der Waals surface area contributed by atoms with Gasteiger partial charge in [0.2, 0.25) is 5.91 Å². The highest BCUT2D eigenvalue weighted by atomic mass is 32.2. The molecule has 0 aromatic heterocycles. The highest BCUT2D eigenvalue weighted by molar-refractivity contribution is 7.99. The predicted octanol–water partition coefficient (Wildman–Crippen LogP) is 5.37. The first-order valence-electron chi connectivity index (χ1n) is 9.43. The van der Waals surface area contributed by atoms with E-state index in [2.05, 4.69) is 0 Å². The van der Waals surface area contributed by atoms with Gasteiger partial charge in [0, 0.05) is 29.7 Å². The molecule has 28 heavy (non-hydrogen) atoms. The van der Waals surface area contributed by atoms with E-state index in [1.54, 1.807) is 11.8 Å². The van der Waals surface area contributed by atoms with Crippen molar-refractivity contribution in [3.63, 3.8) is 0 Å². The molecule has 2 nitrogen and oxygen atoms in total. The number of amides is 1. The van der Waals surface area contributed by atoms with Crippen LogP contribution in [0.25, 0.3) is 10.8 Å². The van der Waals surface area contributed by atoms with Gasteiger partial charge < -0.3 is 4.90 Å². The van der Waals surface area contributed by atoms with Gasteiger partial charge in [-0.15, -0.1) is 0 Å². The molecule has 0 aliphatic carbocycles. The molecule has 144 valence electrons. The Kier molecular flexibility index (Phi) is 5.62. The van der Waals surface area contributed by atoms with Crippen LogP contribution in [-0.2, 0) is 11.2 Å². The van der Waals surface area contributed by atoms with Crippen LogP contribution in [0.15, 0.2) is 60.7 Å². The number of rotatable bonds is 3. The van der Waals surface area contributed by atoms with Gasteiger partial charge in [-0.3, -0.25) is 4.79 Å². The van der Waals surface area contributed by atoms with Crippen LogP contribution >= 0.6 is 11.8 Å². The zero-order valence-corrected chi connectivity index (χ0v) is 16.2. The van der Waals surface area contributed by atoms with Crippen LogP contribution < -0.4 is 0 Å². The molecular formula is C23H21F2NOS. The molecule has 1 fully saturated rings. The van der Waals surface area contributed by atoms with Crippen molar-refractivity contribution in [2.24, 2.45) is 0 Å². The maximum absolute atomic E-state index is 14.1. The van der Waals surface area contributed by atoms with Crippen molar-refractivity contribution in [3.05, 3.63) is 83.4 Å². The molecule has 1 amide bonds. The third kappa shape index (κ3) is 4.04. The fourth-order valence-corrected chi connectivity index (χ4v) is 4.99.